The van der Waals surface area contributed by atoms with Crippen molar-refractivity contribution >= 4 is 57.3 Å². The lowest BCUT2D eigenvalue weighted by atomic mass is 10.1. The number of rotatable bonds is 1. The first-order valence-electron chi connectivity index (χ1n) is 7.92. The minimum Gasteiger partial charge on any atom is -0.311 e. The van der Waals surface area contributed by atoms with Gasteiger partial charge in [-0.15, -0.1) is 0 Å². The maximum absolute atomic E-state index is 12.7. The third-order valence-electron chi connectivity index (χ3n) is 4.37. The van der Waals surface area contributed by atoms with Gasteiger partial charge < -0.3 is 10.2 Å². The monoisotopic (exact) mass is 383 g/mol. The first kappa shape index (κ1) is 16.9. The number of para-hydroxylation sites is 1. The maximum atomic E-state index is 12.7. The van der Waals surface area contributed by atoms with Gasteiger partial charge in [0.2, 0.25) is 0 Å². The fourth-order valence-electron chi connectivity index (χ4n) is 2.95. The summed E-state index contributed by atoms with van der Waals surface area (Å²) in [5.74, 6) is -0.508. The quantitative estimate of drug-likeness (QED) is 0.760. The highest BCUT2D eigenvalue weighted by molar-refractivity contribution is 8.18. The molecule has 1 saturated heterocycles. The van der Waals surface area contributed by atoms with Crippen molar-refractivity contribution in [3.8, 4) is 0 Å². The van der Waals surface area contributed by atoms with Crippen LogP contribution in [0.4, 0.5) is 11.4 Å². The molecule has 4 rings (SSSR count). The van der Waals surface area contributed by atoms with E-state index in [4.69, 9.17) is 11.6 Å². The molecule has 0 unspecified atom stereocenters. The van der Waals surface area contributed by atoms with Crippen molar-refractivity contribution < 1.29 is 9.59 Å². The minimum absolute atomic E-state index is 0.191. The van der Waals surface area contributed by atoms with Crippen LogP contribution < -0.4 is 10.2 Å². The number of benzene rings is 2. The number of anilines is 1. The van der Waals surface area contributed by atoms with Crippen LogP contribution in [-0.2, 0) is 9.59 Å². The lowest BCUT2D eigenvalue weighted by Crippen LogP contribution is -2.23. The predicted octanol–water partition coefficient (Wildman–Crippen LogP) is 3.89. The highest BCUT2D eigenvalue weighted by atomic mass is 35.5. The van der Waals surface area contributed by atoms with Gasteiger partial charge in [0.15, 0.2) is 5.17 Å². The number of amidine groups is 1. The molecule has 0 spiro atoms. The molecule has 0 saturated carbocycles. The number of fused-ring (bicyclic) bond motifs is 1. The Morgan fingerprint density at radius 3 is 2.69 bits per heavy atom. The fourth-order valence-corrected chi connectivity index (χ4v) is 4.05. The molecule has 2 amide bonds. The molecule has 0 aromatic heterocycles. The van der Waals surface area contributed by atoms with Crippen molar-refractivity contribution in [1.29, 1.82) is 0 Å². The van der Waals surface area contributed by atoms with Crippen molar-refractivity contribution in [3.63, 3.8) is 0 Å². The van der Waals surface area contributed by atoms with Crippen molar-refractivity contribution in [1.82, 2.24) is 5.32 Å². The summed E-state index contributed by atoms with van der Waals surface area (Å²) in [5, 5.41) is 3.79. The second-order valence-electron chi connectivity index (χ2n) is 5.94. The second-order valence-corrected chi connectivity index (χ2v) is 7.35. The molecule has 2 heterocycles. The van der Waals surface area contributed by atoms with Crippen LogP contribution in [0, 0.1) is 6.92 Å². The van der Waals surface area contributed by atoms with E-state index < -0.39 is 0 Å². The number of hydrogen-bond acceptors (Lipinski definition) is 4. The zero-order chi connectivity index (χ0) is 18.4. The molecule has 2 aromatic rings. The van der Waals surface area contributed by atoms with Crippen LogP contribution in [0.25, 0.3) is 5.57 Å². The molecule has 0 atom stereocenters. The Morgan fingerprint density at radius 2 is 1.88 bits per heavy atom. The second kappa shape index (κ2) is 6.30. The van der Waals surface area contributed by atoms with Crippen LogP contribution in [0.1, 0.15) is 11.1 Å². The van der Waals surface area contributed by atoms with Crippen LogP contribution in [0.3, 0.4) is 0 Å². The Labute approximate surface area is 159 Å². The SMILES string of the molecule is Cc1c(Cl)cccc1N=C1NC(=O)/C(=C2\C(=O)N(C)c3ccccc32)S1. The number of likely N-dealkylation sites (N-methyl/N-ethyl adjacent to an activating group) is 1. The number of carbonyl (C=O) groups excluding carboxylic acids is 2. The van der Waals surface area contributed by atoms with E-state index >= 15 is 0 Å². The summed E-state index contributed by atoms with van der Waals surface area (Å²) in [6.45, 7) is 1.87. The molecule has 0 bridgehead atoms. The topological polar surface area (TPSA) is 61.8 Å². The van der Waals surface area contributed by atoms with Gasteiger partial charge in [-0.25, -0.2) is 4.99 Å². The van der Waals surface area contributed by atoms with E-state index in [0.29, 0.717) is 26.4 Å². The summed E-state index contributed by atoms with van der Waals surface area (Å²) in [6.07, 6.45) is 0. The Morgan fingerprint density at radius 1 is 1.12 bits per heavy atom. The zero-order valence-corrected chi connectivity index (χ0v) is 15.6. The molecule has 7 heteroatoms. The molecule has 26 heavy (non-hydrogen) atoms. The van der Waals surface area contributed by atoms with E-state index in [1.807, 2.05) is 37.3 Å². The van der Waals surface area contributed by atoms with Crippen molar-refractivity contribution in [2.75, 3.05) is 11.9 Å². The summed E-state index contributed by atoms with van der Waals surface area (Å²) < 4.78 is 0. The van der Waals surface area contributed by atoms with Gasteiger partial charge in [-0.3, -0.25) is 9.59 Å². The summed E-state index contributed by atoms with van der Waals surface area (Å²) in [4.78, 5) is 31.6. The Bertz CT molecular complexity index is 1030. The maximum Gasteiger partial charge on any atom is 0.264 e. The molecule has 2 aliphatic rings. The van der Waals surface area contributed by atoms with E-state index in [1.54, 1.807) is 24.1 Å². The Kier molecular flexibility index (Phi) is 4.09. The van der Waals surface area contributed by atoms with Crippen LogP contribution >= 0.6 is 23.4 Å². The van der Waals surface area contributed by atoms with E-state index in [2.05, 4.69) is 10.3 Å². The summed E-state index contributed by atoms with van der Waals surface area (Å²) in [6, 6.07) is 12.9. The van der Waals surface area contributed by atoms with Gasteiger partial charge in [0, 0.05) is 17.6 Å². The molecule has 2 aromatic carbocycles. The lowest BCUT2D eigenvalue weighted by molar-refractivity contribution is -0.116. The number of halogens is 1. The standard InChI is InChI=1S/C19H14ClN3O2S/c1-10-12(20)7-5-8-13(10)21-19-22-17(24)16(26-19)15-11-6-3-4-9-14(11)23(2)18(15)25/h3-9H,1-2H3,(H,21,22,24)/b16-15+. The minimum atomic E-state index is -0.318. The first-order chi connectivity index (χ1) is 12.5. The number of nitrogens with one attached hydrogen (secondary N) is 1. The van der Waals surface area contributed by atoms with E-state index in [1.165, 1.54) is 11.8 Å². The van der Waals surface area contributed by atoms with Gasteiger partial charge in [0.1, 0.15) is 0 Å². The molecule has 2 aliphatic heterocycles. The molecular weight excluding hydrogens is 370 g/mol. The lowest BCUT2D eigenvalue weighted by Gasteiger charge is -2.08. The largest absolute Gasteiger partial charge is 0.311 e. The number of aliphatic imine (C=N–C) groups is 1. The van der Waals surface area contributed by atoms with E-state index in [9.17, 15) is 9.59 Å². The fraction of sp³-hybridized carbons (Fsp3) is 0.105. The summed E-state index contributed by atoms with van der Waals surface area (Å²) in [5.41, 5.74) is 3.49. The summed E-state index contributed by atoms with van der Waals surface area (Å²) >= 11 is 7.30. The number of hydrogen-bond donors (Lipinski definition) is 1. The van der Waals surface area contributed by atoms with Crippen molar-refractivity contribution in [2.45, 2.75) is 6.92 Å². The average molecular weight is 384 g/mol. The van der Waals surface area contributed by atoms with Crippen LogP contribution in [0.15, 0.2) is 52.4 Å². The van der Waals surface area contributed by atoms with Crippen LogP contribution in [0.5, 0.6) is 0 Å². The van der Waals surface area contributed by atoms with Crippen LogP contribution in [-0.4, -0.2) is 24.0 Å². The van der Waals surface area contributed by atoms with Gasteiger partial charge in [0.25, 0.3) is 11.8 Å². The molecular formula is C19H14ClN3O2S. The zero-order valence-electron chi connectivity index (χ0n) is 14.0. The van der Waals surface area contributed by atoms with E-state index in [-0.39, 0.29) is 11.8 Å². The third kappa shape index (κ3) is 2.62. The van der Waals surface area contributed by atoms with Gasteiger partial charge in [-0.05, 0) is 42.4 Å². The Hall–Kier alpha value is -2.57. The summed E-state index contributed by atoms with van der Waals surface area (Å²) in [7, 11) is 1.70. The van der Waals surface area contributed by atoms with Crippen molar-refractivity contribution in [2.24, 2.45) is 4.99 Å². The molecule has 5 nitrogen and oxygen atoms in total. The molecule has 0 radical (unpaired) electrons. The Balaban J connectivity index is 1.78. The molecule has 1 N–H and O–H groups in total. The molecule has 130 valence electrons. The highest BCUT2D eigenvalue weighted by Crippen LogP contribution is 2.42. The third-order valence-corrected chi connectivity index (χ3v) is 5.76. The van der Waals surface area contributed by atoms with Gasteiger partial charge in [-0.2, -0.15) is 0 Å². The number of thioether (sulfide) groups is 1. The van der Waals surface area contributed by atoms with Gasteiger partial charge in [-0.1, -0.05) is 35.9 Å². The number of amides is 2. The number of nitrogens with zero attached hydrogens (tertiary/aromatic N) is 2. The highest BCUT2D eigenvalue weighted by Gasteiger charge is 2.37. The normalized spacial score (nSPS) is 20.7. The molecule has 0 aliphatic carbocycles. The van der Waals surface area contributed by atoms with Gasteiger partial charge >= 0.3 is 0 Å². The average Bonchev–Trinajstić information content (AvgIpc) is 3.10. The number of carbonyl (C=O) groups is 2. The van der Waals surface area contributed by atoms with Gasteiger partial charge in [0.05, 0.1) is 21.9 Å². The first-order valence-corrected chi connectivity index (χ1v) is 9.11. The smallest absolute Gasteiger partial charge is 0.264 e. The predicted molar refractivity (Wildman–Crippen MR) is 106 cm³/mol. The van der Waals surface area contributed by atoms with E-state index in [0.717, 1.165) is 16.8 Å². The molecule has 1 fully saturated rings. The van der Waals surface area contributed by atoms with Crippen LogP contribution in [0.2, 0.25) is 5.02 Å². The van der Waals surface area contributed by atoms with Crippen molar-refractivity contribution in [3.05, 3.63) is 63.5 Å².